The van der Waals surface area contributed by atoms with Crippen molar-refractivity contribution in [2.45, 2.75) is 12.6 Å². The van der Waals surface area contributed by atoms with E-state index in [4.69, 9.17) is 15.7 Å². The Balaban J connectivity index is 2.23. The molecule has 0 aliphatic rings. The highest BCUT2D eigenvalue weighted by Gasteiger charge is 2.31. The first kappa shape index (κ1) is 14.7. The lowest BCUT2D eigenvalue weighted by Gasteiger charge is -2.11. The first-order chi connectivity index (χ1) is 9.88. The predicted molar refractivity (Wildman–Crippen MR) is 71.7 cm³/mol. The molecular formula is C15H11F3N2O. The lowest BCUT2D eigenvalue weighted by molar-refractivity contribution is -0.137. The van der Waals surface area contributed by atoms with Crippen LogP contribution < -0.4 is 10.5 Å². The molecule has 21 heavy (non-hydrogen) atoms. The van der Waals surface area contributed by atoms with Gasteiger partial charge in [0.25, 0.3) is 0 Å². The average Bonchev–Trinajstić information content (AvgIpc) is 2.40. The van der Waals surface area contributed by atoms with Crippen LogP contribution in [0.25, 0.3) is 0 Å². The molecule has 2 aromatic rings. The van der Waals surface area contributed by atoms with Gasteiger partial charge in [-0.3, -0.25) is 0 Å². The molecule has 2 N–H and O–H groups in total. The molecule has 0 atom stereocenters. The predicted octanol–water partition coefficient (Wildman–Crippen LogP) is 4.15. The van der Waals surface area contributed by atoms with E-state index >= 15 is 0 Å². The van der Waals surface area contributed by atoms with Crippen molar-refractivity contribution in [2.75, 3.05) is 5.73 Å². The smallest absolute Gasteiger partial charge is 0.416 e. The van der Waals surface area contributed by atoms with Crippen molar-refractivity contribution < 1.29 is 17.9 Å². The first-order valence-corrected chi connectivity index (χ1v) is 6.00. The van der Waals surface area contributed by atoms with Gasteiger partial charge in [0.15, 0.2) is 0 Å². The maximum Gasteiger partial charge on any atom is 0.416 e. The van der Waals surface area contributed by atoms with Crippen LogP contribution in [0.5, 0.6) is 11.5 Å². The maximum absolute atomic E-state index is 12.7. The number of alkyl halides is 3. The van der Waals surface area contributed by atoms with Crippen molar-refractivity contribution in [1.29, 1.82) is 5.26 Å². The lowest BCUT2D eigenvalue weighted by atomic mass is 10.1. The molecule has 3 nitrogen and oxygen atoms in total. The zero-order valence-corrected chi connectivity index (χ0v) is 10.8. The maximum atomic E-state index is 12.7. The van der Waals surface area contributed by atoms with Crippen molar-refractivity contribution in [2.24, 2.45) is 0 Å². The number of hydrogen-bond donors (Lipinski definition) is 1. The molecule has 6 heteroatoms. The molecule has 0 unspecified atom stereocenters. The van der Waals surface area contributed by atoms with Gasteiger partial charge in [0.05, 0.1) is 18.1 Å². The lowest BCUT2D eigenvalue weighted by Crippen LogP contribution is -2.06. The van der Waals surface area contributed by atoms with Crippen molar-refractivity contribution in [3.05, 3.63) is 53.6 Å². The Hall–Kier alpha value is -2.68. The molecule has 0 bridgehead atoms. The summed E-state index contributed by atoms with van der Waals surface area (Å²) in [7, 11) is 0. The molecule has 2 rings (SSSR count). The number of nitrogens with zero attached hydrogens (tertiary/aromatic N) is 1. The van der Waals surface area contributed by atoms with Gasteiger partial charge in [0, 0.05) is 11.8 Å². The fourth-order valence-corrected chi connectivity index (χ4v) is 1.75. The summed E-state index contributed by atoms with van der Waals surface area (Å²) in [5.41, 5.74) is 5.37. The minimum Gasteiger partial charge on any atom is -0.457 e. The van der Waals surface area contributed by atoms with E-state index in [-0.39, 0.29) is 17.9 Å². The van der Waals surface area contributed by atoms with Gasteiger partial charge in [0.1, 0.15) is 11.5 Å². The van der Waals surface area contributed by atoms with Crippen LogP contribution >= 0.6 is 0 Å². The standard InChI is InChI=1S/C15H11F3N2O/c16-15(17,18)11-7-12(20)9-14(8-11)21-13-3-1-10(2-4-13)5-6-19/h1-4,7-9H,5,20H2. The summed E-state index contributed by atoms with van der Waals surface area (Å²) in [6.07, 6.45) is -4.22. The van der Waals surface area contributed by atoms with Gasteiger partial charge in [-0.25, -0.2) is 0 Å². The van der Waals surface area contributed by atoms with Crippen LogP contribution in [-0.4, -0.2) is 0 Å². The summed E-state index contributed by atoms with van der Waals surface area (Å²) in [4.78, 5) is 0. The molecule has 0 aliphatic heterocycles. The number of anilines is 1. The van der Waals surface area contributed by atoms with E-state index in [0.717, 1.165) is 17.7 Å². The molecule has 0 aliphatic carbocycles. The largest absolute Gasteiger partial charge is 0.457 e. The molecular weight excluding hydrogens is 281 g/mol. The number of ether oxygens (including phenoxy) is 1. The Labute approximate surface area is 119 Å². The highest BCUT2D eigenvalue weighted by Crippen LogP contribution is 2.34. The number of nitriles is 1. The molecule has 108 valence electrons. The second-order valence-electron chi connectivity index (χ2n) is 4.37. The van der Waals surface area contributed by atoms with Gasteiger partial charge >= 0.3 is 6.18 Å². The fourth-order valence-electron chi connectivity index (χ4n) is 1.75. The minimum absolute atomic E-state index is 0.00959. The molecule has 0 saturated heterocycles. The normalized spacial score (nSPS) is 11.0. The van der Waals surface area contributed by atoms with Crippen LogP contribution in [0.2, 0.25) is 0 Å². The second kappa shape index (κ2) is 5.75. The highest BCUT2D eigenvalue weighted by molar-refractivity contribution is 5.49. The van der Waals surface area contributed by atoms with Crippen LogP contribution in [0.3, 0.4) is 0 Å². The summed E-state index contributed by atoms with van der Waals surface area (Å²) in [6.45, 7) is 0. The Bertz CT molecular complexity index is 673. The summed E-state index contributed by atoms with van der Waals surface area (Å²) >= 11 is 0. The highest BCUT2D eigenvalue weighted by atomic mass is 19.4. The van der Waals surface area contributed by atoms with Crippen molar-refractivity contribution in [1.82, 2.24) is 0 Å². The van der Waals surface area contributed by atoms with Crippen LogP contribution in [0.15, 0.2) is 42.5 Å². The Kier molecular flexibility index (Phi) is 4.03. The summed E-state index contributed by atoms with van der Waals surface area (Å²) < 4.78 is 43.4. The van der Waals surface area contributed by atoms with Crippen LogP contribution in [0.1, 0.15) is 11.1 Å². The Morgan fingerprint density at radius 1 is 1.05 bits per heavy atom. The number of rotatable bonds is 3. The molecule has 0 saturated carbocycles. The first-order valence-electron chi connectivity index (χ1n) is 6.00. The number of benzene rings is 2. The summed E-state index contributed by atoms with van der Waals surface area (Å²) in [5, 5.41) is 8.56. The zero-order chi connectivity index (χ0) is 15.5. The third kappa shape index (κ3) is 3.89. The monoisotopic (exact) mass is 292 g/mol. The van der Waals surface area contributed by atoms with Crippen LogP contribution in [-0.2, 0) is 12.6 Å². The van der Waals surface area contributed by atoms with E-state index < -0.39 is 11.7 Å². The molecule has 2 aromatic carbocycles. The van der Waals surface area contributed by atoms with E-state index in [2.05, 4.69) is 0 Å². The van der Waals surface area contributed by atoms with Crippen molar-refractivity contribution in [3.8, 4) is 17.6 Å². The van der Waals surface area contributed by atoms with Gasteiger partial charge in [-0.1, -0.05) is 12.1 Å². The van der Waals surface area contributed by atoms with Gasteiger partial charge < -0.3 is 10.5 Å². The fraction of sp³-hybridized carbons (Fsp3) is 0.133. The quantitative estimate of drug-likeness (QED) is 0.865. The SMILES string of the molecule is N#CCc1ccc(Oc2cc(N)cc(C(F)(F)F)c2)cc1. The van der Waals surface area contributed by atoms with E-state index in [1.807, 2.05) is 6.07 Å². The van der Waals surface area contributed by atoms with Gasteiger partial charge in [0.2, 0.25) is 0 Å². The van der Waals surface area contributed by atoms with Crippen molar-refractivity contribution in [3.63, 3.8) is 0 Å². The van der Waals surface area contributed by atoms with Crippen LogP contribution in [0.4, 0.5) is 18.9 Å². The van der Waals surface area contributed by atoms with E-state index in [1.165, 1.54) is 6.07 Å². The Morgan fingerprint density at radius 3 is 2.29 bits per heavy atom. The second-order valence-corrected chi connectivity index (χ2v) is 4.37. The van der Waals surface area contributed by atoms with Gasteiger partial charge in [-0.2, -0.15) is 18.4 Å². The molecule has 0 heterocycles. The van der Waals surface area contributed by atoms with E-state index in [9.17, 15) is 13.2 Å². The topological polar surface area (TPSA) is 59.0 Å². The average molecular weight is 292 g/mol. The number of hydrogen-bond acceptors (Lipinski definition) is 3. The molecule has 0 fully saturated rings. The third-order valence-electron chi connectivity index (χ3n) is 2.70. The number of halogens is 3. The van der Waals surface area contributed by atoms with Gasteiger partial charge in [-0.15, -0.1) is 0 Å². The summed E-state index contributed by atoms with van der Waals surface area (Å²) in [5.74, 6) is 0.380. The van der Waals surface area contributed by atoms with E-state index in [1.54, 1.807) is 24.3 Å². The minimum atomic E-state index is -4.48. The summed E-state index contributed by atoms with van der Waals surface area (Å²) in [6, 6.07) is 11.6. The third-order valence-corrected chi connectivity index (χ3v) is 2.70. The van der Waals surface area contributed by atoms with Crippen LogP contribution in [0, 0.1) is 11.3 Å². The molecule has 0 amide bonds. The molecule has 0 spiro atoms. The Morgan fingerprint density at radius 2 is 1.71 bits per heavy atom. The number of nitrogen functional groups attached to an aromatic ring is 1. The number of nitrogens with two attached hydrogens (primary N) is 1. The zero-order valence-electron chi connectivity index (χ0n) is 10.8. The van der Waals surface area contributed by atoms with Gasteiger partial charge in [-0.05, 0) is 29.8 Å². The molecule has 0 aromatic heterocycles. The van der Waals surface area contributed by atoms with E-state index in [0.29, 0.717) is 5.75 Å². The van der Waals surface area contributed by atoms with Crippen molar-refractivity contribution >= 4 is 5.69 Å². The molecule has 0 radical (unpaired) electrons.